The SMILES string of the molecule is CC1=C(c2cccc(N3CCN(S(=O)[O-])CC3)c2)C=Cc2nc(-c3cccnc3N)n(-c3ccc(C4(N)CCC4)cc3)c2CC1. The lowest BCUT2D eigenvalue weighted by molar-refractivity contribution is 0.253. The van der Waals surface area contributed by atoms with Crippen LogP contribution in [0.1, 0.15) is 55.1 Å². The van der Waals surface area contributed by atoms with Crippen molar-refractivity contribution >= 4 is 34.4 Å². The summed E-state index contributed by atoms with van der Waals surface area (Å²) in [4.78, 5) is 11.8. The maximum absolute atomic E-state index is 11.4. The van der Waals surface area contributed by atoms with Crippen molar-refractivity contribution in [3.05, 3.63) is 101 Å². The minimum Gasteiger partial charge on any atom is -0.760 e. The highest BCUT2D eigenvalue weighted by atomic mass is 32.2. The number of hydrogen-bond donors (Lipinski definition) is 2. The molecule has 2 aliphatic carbocycles. The number of pyridine rings is 1. The van der Waals surface area contributed by atoms with Gasteiger partial charge in [0.1, 0.15) is 11.6 Å². The molecule has 4 N–H and O–H groups in total. The quantitative estimate of drug-likeness (QED) is 0.283. The first-order valence-electron chi connectivity index (χ1n) is 15.6. The number of nitrogens with two attached hydrogens (primary N) is 2. The van der Waals surface area contributed by atoms with Crippen LogP contribution < -0.4 is 16.4 Å². The Morgan fingerprint density at radius 2 is 1.71 bits per heavy atom. The average molecular weight is 621 g/mol. The molecule has 1 saturated carbocycles. The Balaban J connectivity index is 1.24. The molecule has 1 aliphatic heterocycles. The third-order valence-corrected chi connectivity index (χ3v) is 10.4. The number of nitrogen functional groups attached to an aromatic ring is 1. The van der Waals surface area contributed by atoms with Crippen molar-refractivity contribution in [2.75, 3.05) is 36.8 Å². The van der Waals surface area contributed by atoms with Crippen LogP contribution in [0, 0.1) is 0 Å². The maximum Gasteiger partial charge on any atom is 0.149 e. The normalized spacial score (nSPS) is 19.0. The molecule has 4 aromatic rings. The Bertz CT molecular complexity index is 1820. The van der Waals surface area contributed by atoms with Crippen LogP contribution in [0.3, 0.4) is 0 Å². The van der Waals surface area contributed by atoms with Crippen LogP contribution >= 0.6 is 0 Å². The van der Waals surface area contributed by atoms with E-state index in [1.807, 2.05) is 12.1 Å². The van der Waals surface area contributed by atoms with Crippen LogP contribution in [-0.4, -0.2) is 53.8 Å². The summed E-state index contributed by atoms with van der Waals surface area (Å²) in [5.41, 5.74) is 22.6. The zero-order valence-corrected chi connectivity index (χ0v) is 26.3. The Hall–Kier alpha value is -4.09. The minimum atomic E-state index is -2.17. The Kier molecular flexibility index (Phi) is 7.91. The van der Waals surface area contributed by atoms with Crippen LogP contribution in [0.15, 0.2) is 78.5 Å². The minimum absolute atomic E-state index is 0.219. The van der Waals surface area contributed by atoms with Crippen molar-refractivity contribution in [1.29, 1.82) is 0 Å². The highest BCUT2D eigenvalue weighted by Gasteiger charge is 2.34. The van der Waals surface area contributed by atoms with Crippen molar-refractivity contribution in [3.8, 4) is 17.1 Å². The highest BCUT2D eigenvalue weighted by molar-refractivity contribution is 7.76. The van der Waals surface area contributed by atoms with Gasteiger partial charge in [0.25, 0.3) is 0 Å². The molecule has 45 heavy (non-hydrogen) atoms. The van der Waals surface area contributed by atoms with E-state index in [1.54, 1.807) is 6.20 Å². The summed E-state index contributed by atoms with van der Waals surface area (Å²) in [6, 6.07) is 21.0. The Morgan fingerprint density at radius 3 is 2.40 bits per heavy atom. The third kappa shape index (κ3) is 5.63. The fourth-order valence-corrected chi connectivity index (χ4v) is 7.21. The van der Waals surface area contributed by atoms with E-state index in [1.165, 1.54) is 27.4 Å². The molecule has 2 aromatic heterocycles. The van der Waals surface area contributed by atoms with Crippen molar-refractivity contribution < 1.29 is 8.76 Å². The first-order chi connectivity index (χ1) is 21.8. The van der Waals surface area contributed by atoms with Crippen molar-refractivity contribution in [1.82, 2.24) is 18.8 Å². The van der Waals surface area contributed by atoms with Crippen LogP contribution in [-0.2, 0) is 23.2 Å². The van der Waals surface area contributed by atoms with Crippen molar-refractivity contribution in [3.63, 3.8) is 0 Å². The number of allylic oxidation sites excluding steroid dienone is 3. The summed E-state index contributed by atoms with van der Waals surface area (Å²) in [6.07, 6.45) is 10.9. The van der Waals surface area contributed by atoms with Crippen LogP contribution in [0.5, 0.6) is 0 Å². The fraction of sp³-hybridized carbons (Fsp3) is 0.314. The molecule has 0 spiro atoms. The lowest BCUT2D eigenvalue weighted by Crippen LogP contribution is -2.46. The molecular formula is C35H38N7O2S-. The number of fused-ring (bicyclic) bond motifs is 1. The summed E-state index contributed by atoms with van der Waals surface area (Å²) in [6.45, 7) is 4.52. The second-order valence-electron chi connectivity index (χ2n) is 12.3. The number of nitrogens with zero attached hydrogens (tertiary/aromatic N) is 5. The molecule has 1 atom stereocenters. The number of rotatable bonds is 6. The van der Waals surface area contributed by atoms with Gasteiger partial charge in [-0.15, -0.1) is 0 Å². The van der Waals surface area contributed by atoms with E-state index in [4.69, 9.17) is 16.5 Å². The lowest BCUT2D eigenvalue weighted by Gasteiger charge is -2.38. The maximum atomic E-state index is 11.4. The predicted molar refractivity (Wildman–Crippen MR) is 180 cm³/mol. The number of imidazole rings is 1. The predicted octanol–water partition coefficient (Wildman–Crippen LogP) is 5.20. The summed E-state index contributed by atoms with van der Waals surface area (Å²) in [5, 5.41) is 0. The van der Waals surface area contributed by atoms with Gasteiger partial charge in [0.05, 0.1) is 17.0 Å². The molecule has 10 heteroatoms. The summed E-state index contributed by atoms with van der Waals surface area (Å²) in [7, 11) is 0. The number of anilines is 2. The van der Waals surface area contributed by atoms with Crippen LogP contribution in [0.4, 0.5) is 11.5 Å². The average Bonchev–Trinajstić information content (AvgIpc) is 3.39. The zero-order chi connectivity index (χ0) is 31.1. The second kappa shape index (κ2) is 12.0. The number of aromatic nitrogens is 3. The van der Waals surface area contributed by atoms with Gasteiger partial charge >= 0.3 is 0 Å². The third-order valence-electron chi connectivity index (χ3n) is 9.61. The van der Waals surface area contributed by atoms with Gasteiger partial charge in [-0.2, -0.15) is 0 Å². The van der Waals surface area contributed by atoms with Crippen molar-refractivity contribution in [2.45, 2.75) is 44.6 Å². The van der Waals surface area contributed by atoms with E-state index in [0.717, 1.165) is 65.4 Å². The topological polar surface area (TPSA) is 129 Å². The highest BCUT2D eigenvalue weighted by Crippen LogP contribution is 2.40. The smallest absolute Gasteiger partial charge is 0.149 e. The Labute approximate surface area is 266 Å². The van der Waals surface area contributed by atoms with Gasteiger partial charge in [0.15, 0.2) is 0 Å². The van der Waals surface area contributed by atoms with Gasteiger partial charge in [-0.05, 0) is 98.2 Å². The molecule has 1 unspecified atom stereocenters. The number of hydrogen-bond acceptors (Lipinski definition) is 7. The standard InChI is InChI=1S/C35H39N7O2S/c1-24-8-15-32-31(14-13-29(24)25-5-2-6-28(23-25)40-19-21-41(22-20-40)45(43)44)39-34(30-7-3-18-38-33(30)36)42(32)27-11-9-26(10-12-27)35(37)16-4-17-35/h2-3,5-7,9-14,18,23H,4,8,15-17,19-22,37H2,1H3,(H2,36,38)(H,43,44)/p-1. The van der Waals surface area contributed by atoms with E-state index in [-0.39, 0.29) is 5.54 Å². The molecule has 9 nitrogen and oxygen atoms in total. The monoisotopic (exact) mass is 620 g/mol. The number of piperazine rings is 1. The first kappa shape index (κ1) is 29.6. The molecule has 7 rings (SSSR count). The van der Waals surface area contributed by atoms with Gasteiger partial charge in [0.2, 0.25) is 0 Å². The largest absolute Gasteiger partial charge is 0.760 e. The molecule has 1 saturated heterocycles. The van der Waals surface area contributed by atoms with E-state index in [2.05, 4.69) is 82.1 Å². The van der Waals surface area contributed by atoms with Crippen LogP contribution in [0.2, 0.25) is 0 Å². The molecule has 3 heterocycles. The molecular weight excluding hydrogens is 582 g/mol. The van der Waals surface area contributed by atoms with E-state index >= 15 is 0 Å². The summed E-state index contributed by atoms with van der Waals surface area (Å²) in [5.74, 6) is 1.22. The molecule has 232 valence electrons. The van der Waals surface area contributed by atoms with E-state index in [9.17, 15) is 8.76 Å². The molecule has 0 amide bonds. The Morgan fingerprint density at radius 1 is 0.933 bits per heavy atom. The second-order valence-corrected chi connectivity index (χ2v) is 13.3. The van der Waals surface area contributed by atoms with Crippen molar-refractivity contribution in [2.24, 2.45) is 5.73 Å². The molecule has 3 aliphatic rings. The van der Waals surface area contributed by atoms with Crippen LogP contribution in [0.25, 0.3) is 28.7 Å². The van der Waals surface area contributed by atoms with Gasteiger partial charge in [-0.3, -0.25) is 8.78 Å². The fourth-order valence-electron chi connectivity index (χ4n) is 6.75. The summed E-state index contributed by atoms with van der Waals surface area (Å²) >= 11 is -2.17. The van der Waals surface area contributed by atoms with Gasteiger partial charge in [-0.25, -0.2) is 14.3 Å². The van der Waals surface area contributed by atoms with Gasteiger partial charge < -0.3 is 20.9 Å². The van der Waals surface area contributed by atoms with Gasteiger partial charge in [-0.1, -0.05) is 35.9 Å². The van der Waals surface area contributed by atoms with Gasteiger partial charge in [0, 0.05) is 60.6 Å². The molecule has 0 radical (unpaired) electrons. The van der Waals surface area contributed by atoms with E-state index in [0.29, 0.717) is 32.0 Å². The molecule has 0 bridgehead atoms. The van der Waals surface area contributed by atoms with E-state index < -0.39 is 11.3 Å². The summed E-state index contributed by atoms with van der Waals surface area (Å²) < 4.78 is 26.5. The first-order valence-corrected chi connectivity index (χ1v) is 16.6. The lowest BCUT2D eigenvalue weighted by atomic mass is 9.73. The molecule has 2 aromatic carbocycles. The molecule has 2 fully saturated rings. The number of benzene rings is 2. The zero-order valence-electron chi connectivity index (χ0n) is 25.5.